The fourth-order valence-corrected chi connectivity index (χ4v) is 3.30. The van der Waals surface area contributed by atoms with E-state index in [0.717, 1.165) is 18.8 Å². The Kier molecular flexibility index (Phi) is 6.06. The predicted molar refractivity (Wildman–Crippen MR) is 105 cm³/mol. The average Bonchev–Trinajstić information content (AvgIpc) is 2.68. The molecule has 0 bridgehead atoms. The first-order valence-electron chi connectivity index (χ1n) is 9.37. The average molecular weight is 367 g/mol. The molecule has 0 radical (unpaired) electrons. The number of rotatable bonds is 5. The van der Waals surface area contributed by atoms with Crippen molar-refractivity contribution in [1.29, 1.82) is 0 Å². The summed E-state index contributed by atoms with van der Waals surface area (Å²) in [5.41, 5.74) is 2.08. The normalized spacial score (nSPS) is 16.7. The Morgan fingerprint density at radius 1 is 1.26 bits per heavy atom. The largest absolute Gasteiger partial charge is 0.462 e. The summed E-state index contributed by atoms with van der Waals surface area (Å²) in [6.07, 6.45) is 4.17. The number of benzene rings is 1. The van der Waals surface area contributed by atoms with Crippen LogP contribution in [0, 0.1) is 5.92 Å². The van der Waals surface area contributed by atoms with Gasteiger partial charge in [0.1, 0.15) is 5.69 Å². The SMILES string of the molecule is CCOC(=O)c1ccccc1NC(=O)c1ccc(N2CCCC(C)C2)cn1. The molecule has 6 heteroatoms. The van der Waals surface area contributed by atoms with Gasteiger partial charge >= 0.3 is 5.97 Å². The molecule has 1 atom stereocenters. The summed E-state index contributed by atoms with van der Waals surface area (Å²) >= 11 is 0. The van der Waals surface area contributed by atoms with Gasteiger partial charge in [-0.05, 0) is 49.9 Å². The number of esters is 1. The molecule has 0 spiro atoms. The lowest BCUT2D eigenvalue weighted by atomic mass is 10.00. The molecule has 1 amide bonds. The van der Waals surface area contributed by atoms with E-state index in [-0.39, 0.29) is 12.5 Å². The van der Waals surface area contributed by atoms with E-state index in [1.807, 2.05) is 6.07 Å². The smallest absolute Gasteiger partial charge is 0.340 e. The Balaban J connectivity index is 1.71. The standard InChI is InChI=1S/C21H25N3O3/c1-3-27-21(26)17-8-4-5-9-18(17)23-20(25)19-11-10-16(13-22-19)24-12-6-7-15(2)14-24/h4-5,8-11,13,15H,3,6-7,12,14H2,1-2H3,(H,23,25). The number of carbonyl (C=O) groups is 2. The van der Waals surface area contributed by atoms with Crippen molar-refractivity contribution in [3.05, 3.63) is 53.9 Å². The molecule has 1 saturated heterocycles. The summed E-state index contributed by atoms with van der Waals surface area (Å²) in [6.45, 7) is 6.31. The molecule has 27 heavy (non-hydrogen) atoms. The van der Waals surface area contributed by atoms with Crippen LogP contribution in [0.3, 0.4) is 0 Å². The molecule has 3 rings (SSSR count). The van der Waals surface area contributed by atoms with Crippen LogP contribution in [0.25, 0.3) is 0 Å². The van der Waals surface area contributed by atoms with Crippen molar-refractivity contribution in [2.24, 2.45) is 5.92 Å². The van der Waals surface area contributed by atoms with Gasteiger partial charge in [0.15, 0.2) is 0 Å². The fourth-order valence-electron chi connectivity index (χ4n) is 3.30. The van der Waals surface area contributed by atoms with Crippen LogP contribution in [0.1, 0.15) is 47.5 Å². The van der Waals surface area contributed by atoms with E-state index in [4.69, 9.17) is 4.74 Å². The summed E-state index contributed by atoms with van der Waals surface area (Å²) in [5, 5.41) is 2.76. The second-order valence-corrected chi connectivity index (χ2v) is 6.82. The number of nitrogens with one attached hydrogen (secondary N) is 1. The molecule has 6 nitrogen and oxygen atoms in total. The summed E-state index contributed by atoms with van der Waals surface area (Å²) in [5.74, 6) is -0.151. The summed E-state index contributed by atoms with van der Waals surface area (Å²) in [6, 6.07) is 10.4. The molecule has 1 aromatic carbocycles. The maximum absolute atomic E-state index is 12.5. The molecule has 1 aromatic heterocycles. The van der Waals surface area contributed by atoms with E-state index in [1.165, 1.54) is 12.8 Å². The zero-order valence-electron chi connectivity index (χ0n) is 15.8. The van der Waals surface area contributed by atoms with E-state index in [1.54, 1.807) is 43.5 Å². The number of pyridine rings is 1. The molecule has 0 aliphatic carbocycles. The molecular formula is C21H25N3O3. The van der Waals surface area contributed by atoms with Crippen molar-refractivity contribution in [3.63, 3.8) is 0 Å². The zero-order chi connectivity index (χ0) is 19.2. The first-order valence-corrected chi connectivity index (χ1v) is 9.37. The number of ether oxygens (including phenoxy) is 1. The summed E-state index contributed by atoms with van der Waals surface area (Å²) in [7, 11) is 0. The highest BCUT2D eigenvalue weighted by Gasteiger charge is 2.18. The minimum atomic E-state index is -0.462. The lowest BCUT2D eigenvalue weighted by molar-refractivity contribution is 0.0527. The number of piperidine rings is 1. The van der Waals surface area contributed by atoms with E-state index < -0.39 is 5.97 Å². The van der Waals surface area contributed by atoms with Gasteiger partial charge in [0.2, 0.25) is 0 Å². The van der Waals surface area contributed by atoms with E-state index in [0.29, 0.717) is 22.9 Å². The number of carbonyl (C=O) groups excluding carboxylic acids is 2. The van der Waals surface area contributed by atoms with E-state index >= 15 is 0 Å². The van der Waals surface area contributed by atoms with Crippen LogP contribution < -0.4 is 10.2 Å². The minimum absolute atomic E-state index is 0.277. The Morgan fingerprint density at radius 2 is 2.07 bits per heavy atom. The molecule has 2 heterocycles. The Morgan fingerprint density at radius 3 is 2.78 bits per heavy atom. The van der Waals surface area contributed by atoms with Gasteiger partial charge in [0, 0.05) is 13.1 Å². The quantitative estimate of drug-likeness (QED) is 0.815. The van der Waals surface area contributed by atoms with Gasteiger partial charge in [-0.2, -0.15) is 0 Å². The maximum Gasteiger partial charge on any atom is 0.340 e. The van der Waals surface area contributed by atoms with Crippen LogP contribution in [0.4, 0.5) is 11.4 Å². The summed E-state index contributed by atoms with van der Waals surface area (Å²) < 4.78 is 5.04. The highest BCUT2D eigenvalue weighted by atomic mass is 16.5. The lowest BCUT2D eigenvalue weighted by Crippen LogP contribution is -2.34. The fraction of sp³-hybridized carbons (Fsp3) is 0.381. The van der Waals surface area contributed by atoms with Crippen molar-refractivity contribution in [2.45, 2.75) is 26.7 Å². The third-order valence-corrected chi connectivity index (χ3v) is 4.67. The Bertz CT molecular complexity index is 805. The van der Waals surface area contributed by atoms with Crippen LogP contribution in [-0.4, -0.2) is 36.6 Å². The second-order valence-electron chi connectivity index (χ2n) is 6.82. The number of hydrogen-bond donors (Lipinski definition) is 1. The van der Waals surface area contributed by atoms with Gasteiger partial charge in [0.05, 0.1) is 29.7 Å². The number of hydrogen-bond acceptors (Lipinski definition) is 5. The lowest BCUT2D eigenvalue weighted by Gasteiger charge is -2.32. The van der Waals surface area contributed by atoms with Crippen LogP contribution in [0.15, 0.2) is 42.6 Å². The van der Waals surface area contributed by atoms with E-state index in [9.17, 15) is 9.59 Å². The summed E-state index contributed by atoms with van der Waals surface area (Å²) in [4.78, 5) is 31.2. The number of amides is 1. The van der Waals surface area contributed by atoms with Gasteiger partial charge in [-0.25, -0.2) is 9.78 Å². The first kappa shape index (κ1) is 18.9. The maximum atomic E-state index is 12.5. The molecule has 1 aliphatic rings. The second kappa shape index (κ2) is 8.66. The molecule has 1 fully saturated rings. The van der Waals surface area contributed by atoms with Gasteiger partial charge in [-0.3, -0.25) is 4.79 Å². The van der Waals surface area contributed by atoms with Crippen molar-refractivity contribution < 1.29 is 14.3 Å². The Labute approximate surface area is 159 Å². The topological polar surface area (TPSA) is 71.5 Å². The monoisotopic (exact) mass is 367 g/mol. The van der Waals surface area contributed by atoms with Crippen molar-refractivity contribution in [3.8, 4) is 0 Å². The number of nitrogens with zero attached hydrogens (tertiary/aromatic N) is 2. The molecule has 1 aliphatic heterocycles. The van der Waals surface area contributed by atoms with Crippen LogP contribution in [0.2, 0.25) is 0 Å². The van der Waals surface area contributed by atoms with Crippen molar-refractivity contribution >= 4 is 23.3 Å². The number of anilines is 2. The number of aromatic nitrogens is 1. The molecule has 142 valence electrons. The van der Waals surface area contributed by atoms with Crippen LogP contribution in [-0.2, 0) is 4.74 Å². The van der Waals surface area contributed by atoms with Crippen molar-refractivity contribution in [2.75, 3.05) is 29.9 Å². The highest BCUT2D eigenvalue weighted by Crippen LogP contribution is 2.23. The van der Waals surface area contributed by atoms with Crippen LogP contribution in [0.5, 0.6) is 0 Å². The predicted octanol–water partition coefficient (Wildman–Crippen LogP) is 3.75. The third-order valence-electron chi connectivity index (χ3n) is 4.67. The minimum Gasteiger partial charge on any atom is -0.462 e. The van der Waals surface area contributed by atoms with Gasteiger partial charge in [0.25, 0.3) is 5.91 Å². The highest BCUT2D eigenvalue weighted by molar-refractivity contribution is 6.07. The third kappa shape index (κ3) is 4.64. The van der Waals surface area contributed by atoms with Crippen molar-refractivity contribution in [1.82, 2.24) is 4.98 Å². The molecule has 0 saturated carbocycles. The first-order chi connectivity index (χ1) is 13.1. The molecule has 1 N–H and O–H groups in total. The molecule has 1 unspecified atom stereocenters. The van der Waals surface area contributed by atoms with Gasteiger partial charge < -0.3 is 15.0 Å². The van der Waals surface area contributed by atoms with Gasteiger partial charge in [-0.15, -0.1) is 0 Å². The van der Waals surface area contributed by atoms with Gasteiger partial charge in [-0.1, -0.05) is 19.1 Å². The Hall–Kier alpha value is -2.89. The van der Waals surface area contributed by atoms with Crippen LogP contribution >= 0.6 is 0 Å². The zero-order valence-corrected chi connectivity index (χ0v) is 15.8. The molecule has 2 aromatic rings. The molecular weight excluding hydrogens is 342 g/mol. The number of para-hydroxylation sites is 1. The van der Waals surface area contributed by atoms with E-state index in [2.05, 4.69) is 22.1 Å².